The fraction of sp³-hybridized carbons (Fsp3) is 0.267. The van der Waals surface area contributed by atoms with Gasteiger partial charge in [0.05, 0.1) is 17.7 Å². The Morgan fingerprint density at radius 1 is 1.24 bits per heavy atom. The average molecular weight is 358 g/mol. The van der Waals surface area contributed by atoms with Crippen molar-refractivity contribution in [2.24, 2.45) is 0 Å². The van der Waals surface area contributed by atoms with Crippen LogP contribution in [0.2, 0.25) is 0 Å². The Labute approximate surface area is 129 Å². The molecule has 0 radical (unpaired) electrons. The molecule has 0 spiro atoms. The largest absolute Gasteiger partial charge is 0.481 e. The molecule has 2 rings (SSSR count). The van der Waals surface area contributed by atoms with Crippen LogP contribution in [0.3, 0.4) is 0 Å². The fourth-order valence-electron chi connectivity index (χ4n) is 1.99. The van der Waals surface area contributed by atoms with Gasteiger partial charge in [-0.2, -0.15) is 0 Å². The number of aliphatic hydroxyl groups excluding tert-OH is 1. The number of rotatable bonds is 5. The second-order valence-electron chi connectivity index (χ2n) is 4.59. The van der Waals surface area contributed by atoms with E-state index in [4.69, 9.17) is 4.74 Å². The van der Waals surface area contributed by atoms with E-state index >= 15 is 0 Å². The van der Waals surface area contributed by atoms with Crippen molar-refractivity contribution in [1.82, 2.24) is 4.98 Å². The number of methoxy groups -OCH3 is 1. The molecule has 0 aliphatic heterocycles. The first kappa shape index (κ1) is 15.9. The van der Waals surface area contributed by atoms with Crippen LogP contribution in [0.15, 0.2) is 34.9 Å². The second kappa shape index (κ2) is 6.95. The molecule has 6 heteroatoms. The zero-order chi connectivity index (χ0) is 15.4. The lowest BCUT2D eigenvalue weighted by Crippen LogP contribution is -2.16. The monoisotopic (exact) mass is 357 g/mol. The lowest BCUT2D eigenvalue weighted by Gasteiger charge is -2.13. The number of aromatic nitrogens is 1. The molecule has 1 aromatic carbocycles. The zero-order valence-electron chi connectivity index (χ0n) is 11.3. The third-order valence-corrected chi connectivity index (χ3v) is 3.67. The van der Waals surface area contributed by atoms with Gasteiger partial charge in [-0.3, -0.25) is 0 Å². The van der Waals surface area contributed by atoms with Gasteiger partial charge in [0.1, 0.15) is 11.6 Å². The van der Waals surface area contributed by atoms with E-state index in [1.54, 1.807) is 18.3 Å². The lowest BCUT2D eigenvalue weighted by molar-refractivity contribution is 0.172. The van der Waals surface area contributed by atoms with E-state index < -0.39 is 17.7 Å². The van der Waals surface area contributed by atoms with E-state index in [1.165, 1.54) is 19.2 Å². The van der Waals surface area contributed by atoms with E-state index in [9.17, 15) is 13.9 Å². The Bertz CT molecular complexity index is 620. The van der Waals surface area contributed by atoms with Crippen LogP contribution in [-0.2, 0) is 12.8 Å². The molecule has 0 amide bonds. The molecule has 1 heterocycles. The van der Waals surface area contributed by atoms with Gasteiger partial charge in [0.15, 0.2) is 0 Å². The van der Waals surface area contributed by atoms with Crippen molar-refractivity contribution < 1.29 is 18.6 Å². The minimum absolute atomic E-state index is 0.108. The number of hydrogen-bond acceptors (Lipinski definition) is 3. The molecule has 1 unspecified atom stereocenters. The maximum atomic E-state index is 13.8. The van der Waals surface area contributed by atoms with Gasteiger partial charge < -0.3 is 9.84 Å². The summed E-state index contributed by atoms with van der Waals surface area (Å²) in [6.45, 7) is 0. The van der Waals surface area contributed by atoms with Gasteiger partial charge in [-0.1, -0.05) is 6.07 Å². The normalized spacial score (nSPS) is 12.2. The van der Waals surface area contributed by atoms with E-state index in [2.05, 4.69) is 20.9 Å². The predicted molar refractivity (Wildman–Crippen MR) is 78.3 cm³/mol. The molecule has 21 heavy (non-hydrogen) atoms. The molecular weight excluding hydrogens is 344 g/mol. The second-order valence-corrected chi connectivity index (χ2v) is 5.45. The lowest BCUT2D eigenvalue weighted by atomic mass is 10.0. The Hall–Kier alpha value is -1.53. The SMILES string of the molecule is COc1ccc(CC(O)Cc2c(F)ccc(Br)c2F)cn1. The summed E-state index contributed by atoms with van der Waals surface area (Å²) in [6.07, 6.45) is 0.805. The first-order chi connectivity index (χ1) is 10.0. The van der Waals surface area contributed by atoms with Gasteiger partial charge >= 0.3 is 0 Å². The van der Waals surface area contributed by atoms with Crippen molar-refractivity contribution in [3.63, 3.8) is 0 Å². The van der Waals surface area contributed by atoms with Crippen molar-refractivity contribution in [2.45, 2.75) is 18.9 Å². The van der Waals surface area contributed by atoms with E-state index in [0.29, 0.717) is 5.88 Å². The summed E-state index contributed by atoms with van der Waals surface area (Å²) in [7, 11) is 1.51. The first-order valence-electron chi connectivity index (χ1n) is 6.30. The predicted octanol–water partition coefficient (Wildman–Crippen LogP) is 3.28. The molecule has 0 fully saturated rings. The first-order valence-corrected chi connectivity index (χ1v) is 7.10. The fourth-order valence-corrected chi connectivity index (χ4v) is 2.36. The molecule has 0 aliphatic rings. The van der Waals surface area contributed by atoms with Gasteiger partial charge in [-0.25, -0.2) is 13.8 Å². The van der Waals surface area contributed by atoms with Crippen LogP contribution in [-0.4, -0.2) is 23.3 Å². The third-order valence-electron chi connectivity index (χ3n) is 3.06. The van der Waals surface area contributed by atoms with Crippen molar-refractivity contribution >= 4 is 15.9 Å². The Balaban J connectivity index is 2.07. The number of halogens is 3. The molecule has 0 saturated carbocycles. The molecule has 3 nitrogen and oxygen atoms in total. The highest BCUT2D eigenvalue weighted by Gasteiger charge is 2.16. The minimum atomic E-state index is -0.904. The Morgan fingerprint density at radius 3 is 2.62 bits per heavy atom. The topological polar surface area (TPSA) is 42.4 Å². The van der Waals surface area contributed by atoms with Gasteiger partial charge in [-0.15, -0.1) is 0 Å². The molecule has 1 atom stereocenters. The van der Waals surface area contributed by atoms with Gasteiger partial charge in [-0.05, 0) is 33.6 Å². The van der Waals surface area contributed by atoms with E-state index in [1.807, 2.05) is 0 Å². The summed E-state index contributed by atoms with van der Waals surface area (Å²) in [5.74, 6) is -0.873. The standard InChI is InChI=1S/C15H14BrF2NO2/c1-21-14-5-2-9(8-19-14)6-10(20)7-11-13(17)4-3-12(16)15(11)18/h2-5,8,10,20H,6-7H2,1H3. The molecule has 0 saturated heterocycles. The summed E-state index contributed by atoms with van der Waals surface area (Å²) in [4.78, 5) is 4.02. The van der Waals surface area contributed by atoms with E-state index in [0.717, 1.165) is 5.56 Å². The molecule has 1 aromatic heterocycles. The van der Waals surface area contributed by atoms with Crippen LogP contribution in [0.4, 0.5) is 8.78 Å². The summed E-state index contributed by atoms with van der Waals surface area (Å²) in [6, 6.07) is 5.89. The van der Waals surface area contributed by atoms with E-state index in [-0.39, 0.29) is 22.9 Å². The molecule has 0 aliphatic carbocycles. The quantitative estimate of drug-likeness (QED) is 0.835. The minimum Gasteiger partial charge on any atom is -0.481 e. The number of hydrogen-bond donors (Lipinski definition) is 1. The summed E-state index contributed by atoms with van der Waals surface area (Å²) < 4.78 is 32.6. The maximum absolute atomic E-state index is 13.8. The molecule has 112 valence electrons. The zero-order valence-corrected chi connectivity index (χ0v) is 12.9. The summed E-state index contributed by atoms with van der Waals surface area (Å²) >= 11 is 3.01. The van der Waals surface area contributed by atoms with Crippen LogP contribution in [0.5, 0.6) is 5.88 Å². The van der Waals surface area contributed by atoms with Crippen LogP contribution in [0.1, 0.15) is 11.1 Å². The highest BCUT2D eigenvalue weighted by atomic mass is 79.9. The van der Waals surface area contributed by atoms with Crippen LogP contribution < -0.4 is 4.74 Å². The summed E-state index contributed by atoms with van der Waals surface area (Å²) in [5.41, 5.74) is 0.637. The Morgan fingerprint density at radius 2 is 2.00 bits per heavy atom. The van der Waals surface area contributed by atoms with Crippen molar-refractivity contribution in [3.05, 3.63) is 57.7 Å². The third kappa shape index (κ3) is 3.98. The van der Waals surface area contributed by atoms with Crippen molar-refractivity contribution in [2.75, 3.05) is 7.11 Å². The van der Waals surface area contributed by atoms with Crippen LogP contribution in [0, 0.1) is 11.6 Å². The van der Waals surface area contributed by atoms with Crippen molar-refractivity contribution in [3.8, 4) is 5.88 Å². The molecule has 2 aromatic rings. The van der Waals surface area contributed by atoms with Crippen LogP contribution >= 0.6 is 15.9 Å². The Kier molecular flexibility index (Phi) is 5.25. The van der Waals surface area contributed by atoms with Gasteiger partial charge in [0.2, 0.25) is 5.88 Å². The van der Waals surface area contributed by atoms with Crippen molar-refractivity contribution in [1.29, 1.82) is 0 Å². The average Bonchev–Trinajstić information content (AvgIpc) is 2.48. The van der Waals surface area contributed by atoms with Crippen LogP contribution in [0.25, 0.3) is 0 Å². The molecule has 0 bridgehead atoms. The van der Waals surface area contributed by atoms with Gasteiger partial charge in [0.25, 0.3) is 0 Å². The highest BCUT2D eigenvalue weighted by Crippen LogP contribution is 2.23. The molecule has 1 N–H and O–H groups in total. The molecular formula is C15H14BrF2NO2. The number of ether oxygens (including phenoxy) is 1. The summed E-state index contributed by atoms with van der Waals surface area (Å²) in [5, 5.41) is 10.0. The number of pyridine rings is 1. The maximum Gasteiger partial charge on any atom is 0.212 e. The number of aliphatic hydroxyl groups is 1. The highest BCUT2D eigenvalue weighted by molar-refractivity contribution is 9.10. The smallest absolute Gasteiger partial charge is 0.212 e. The van der Waals surface area contributed by atoms with Gasteiger partial charge in [0, 0.05) is 30.7 Å². The number of nitrogens with zero attached hydrogens (tertiary/aromatic N) is 1. The number of benzene rings is 1.